The first-order valence-electron chi connectivity index (χ1n) is 6.48. The summed E-state index contributed by atoms with van der Waals surface area (Å²) >= 11 is 0. The number of aliphatic carboxylic acids is 1. The molecule has 0 radical (unpaired) electrons. The molecule has 1 amide bonds. The highest BCUT2D eigenvalue weighted by atomic mass is 19.1. The average Bonchev–Trinajstić information content (AvgIpc) is 3.14. The van der Waals surface area contributed by atoms with Crippen LogP contribution in [-0.4, -0.2) is 35.0 Å². The molecule has 0 aromatic heterocycles. The molecule has 6 heteroatoms. The van der Waals surface area contributed by atoms with Crippen molar-refractivity contribution in [2.24, 2.45) is 11.7 Å². The zero-order valence-electron chi connectivity index (χ0n) is 11.0. The number of hydrogen-bond donors (Lipinski definition) is 2. The number of carboxylic acids is 1. The molecule has 108 valence electrons. The van der Waals surface area contributed by atoms with E-state index in [-0.39, 0.29) is 18.7 Å². The van der Waals surface area contributed by atoms with Crippen molar-refractivity contribution in [2.75, 3.05) is 13.1 Å². The van der Waals surface area contributed by atoms with Crippen molar-refractivity contribution in [2.45, 2.75) is 19.4 Å². The topological polar surface area (TPSA) is 83.6 Å². The van der Waals surface area contributed by atoms with Crippen LogP contribution < -0.4 is 5.73 Å². The van der Waals surface area contributed by atoms with Crippen LogP contribution in [0.15, 0.2) is 18.2 Å². The van der Waals surface area contributed by atoms with Crippen LogP contribution in [0.25, 0.3) is 0 Å². The lowest BCUT2D eigenvalue weighted by Gasteiger charge is -2.20. The Morgan fingerprint density at radius 1 is 1.40 bits per heavy atom. The number of carboxylic acid groups (broad SMARTS) is 1. The summed E-state index contributed by atoms with van der Waals surface area (Å²) in [4.78, 5) is 23.6. The lowest BCUT2D eigenvalue weighted by atomic mass is 10.1. The van der Waals surface area contributed by atoms with E-state index >= 15 is 0 Å². The van der Waals surface area contributed by atoms with E-state index < -0.39 is 17.7 Å². The van der Waals surface area contributed by atoms with Gasteiger partial charge in [-0.25, -0.2) is 4.39 Å². The molecule has 1 saturated carbocycles. The molecule has 1 aromatic carbocycles. The van der Waals surface area contributed by atoms with Gasteiger partial charge in [0, 0.05) is 24.2 Å². The van der Waals surface area contributed by atoms with Gasteiger partial charge in [0.15, 0.2) is 0 Å². The molecule has 2 rings (SSSR count). The maximum Gasteiger partial charge on any atom is 0.317 e. The first-order valence-corrected chi connectivity index (χ1v) is 6.48. The van der Waals surface area contributed by atoms with Crippen LogP contribution in [0.4, 0.5) is 4.39 Å². The van der Waals surface area contributed by atoms with Crippen LogP contribution in [0.5, 0.6) is 0 Å². The summed E-state index contributed by atoms with van der Waals surface area (Å²) < 4.78 is 13.8. The third kappa shape index (κ3) is 4.03. The summed E-state index contributed by atoms with van der Waals surface area (Å²) in [6, 6.07) is 3.90. The Morgan fingerprint density at radius 3 is 2.65 bits per heavy atom. The number of amides is 1. The van der Waals surface area contributed by atoms with Crippen molar-refractivity contribution in [3.63, 3.8) is 0 Å². The summed E-state index contributed by atoms with van der Waals surface area (Å²) in [5.74, 6) is -1.53. The van der Waals surface area contributed by atoms with Crippen molar-refractivity contribution >= 4 is 11.9 Å². The Hall–Kier alpha value is -1.95. The summed E-state index contributed by atoms with van der Waals surface area (Å²) in [5, 5.41) is 8.90. The fourth-order valence-electron chi connectivity index (χ4n) is 2.13. The van der Waals surface area contributed by atoms with Gasteiger partial charge in [-0.2, -0.15) is 0 Å². The summed E-state index contributed by atoms with van der Waals surface area (Å²) in [7, 11) is 0. The molecule has 5 nitrogen and oxygen atoms in total. The normalized spacial score (nSPS) is 14.5. The van der Waals surface area contributed by atoms with Gasteiger partial charge < -0.3 is 10.8 Å². The van der Waals surface area contributed by atoms with Crippen LogP contribution >= 0.6 is 0 Å². The number of benzene rings is 1. The Labute approximate surface area is 116 Å². The molecular weight excluding hydrogens is 263 g/mol. The van der Waals surface area contributed by atoms with Gasteiger partial charge in [0.2, 0.25) is 5.91 Å². The predicted octanol–water partition coefficient (Wildman–Crippen LogP) is 1.22. The molecule has 0 bridgehead atoms. The highest BCUT2D eigenvalue weighted by Gasteiger charge is 2.25. The molecule has 0 spiro atoms. The molecule has 0 heterocycles. The van der Waals surface area contributed by atoms with Gasteiger partial charge in [0.05, 0.1) is 6.54 Å². The molecule has 0 unspecified atom stereocenters. The quantitative estimate of drug-likeness (QED) is 0.786. The summed E-state index contributed by atoms with van der Waals surface area (Å²) in [5.41, 5.74) is 5.69. The highest BCUT2D eigenvalue weighted by Crippen LogP contribution is 2.30. The van der Waals surface area contributed by atoms with E-state index in [1.807, 2.05) is 0 Å². The van der Waals surface area contributed by atoms with E-state index in [0.29, 0.717) is 18.0 Å². The Bertz CT molecular complexity index is 529. The second-order valence-electron chi connectivity index (χ2n) is 5.18. The van der Waals surface area contributed by atoms with Crippen LogP contribution in [0.1, 0.15) is 28.8 Å². The molecule has 20 heavy (non-hydrogen) atoms. The predicted molar refractivity (Wildman–Crippen MR) is 70.6 cm³/mol. The van der Waals surface area contributed by atoms with Gasteiger partial charge in [-0.3, -0.25) is 14.5 Å². The Kier molecular flexibility index (Phi) is 4.34. The van der Waals surface area contributed by atoms with Crippen LogP contribution in [-0.2, 0) is 11.3 Å². The molecular formula is C14H17FN2O3. The number of hydrogen-bond acceptors (Lipinski definition) is 3. The summed E-state index contributed by atoms with van der Waals surface area (Å²) in [6.45, 7) is 0.652. The number of halogens is 1. The first kappa shape index (κ1) is 14.5. The maximum absolute atomic E-state index is 13.8. The molecule has 0 saturated heterocycles. The number of nitrogens with zero attached hydrogens (tertiary/aromatic N) is 1. The molecule has 1 fully saturated rings. The van der Waals surface area contributed by atoms with Crippen LogP contribution in [0.3, 0.4) is 0 Å². The molecule has 1 aliphatic carbocycles. The van der Waals surface area contributed by atoms with Crippen molar-refractivity contribution in [3.8, 4) is 0 Å². The van der Waals surface area contributed by atoms with Crippen LogP contribution in [0, 0.1) is 11.7 Å². The number of carbonyl (C=O) groups excluding carboxylic acids is 1. The van der Waals surface area contributed by atoms with Crippen molar-refractivity contribution in [3.05, 3.63) is 35.1 Å². The molecule has 0 aliphatic heterocycles. The minimum atomic E-state index is -0.947. The van der Waals surface area contributed by atoms with Crippen molar-refractivity contribution in [1.29, 1.82) is 0 Å². The zero-order chi connectivity index (χ0) is 14.7. The maximum atomic E-state index is 13.8. The van der Waals surface area contributed by atoms with E-state index in [2.05, 4.69) is 0 Å². The van der Waals surface area contributed by atoms with Gasteiger partial charge in [-0.1, -0.05) is 0 Å². The van der Waals surface area contributed by atoms with Gasteiger partial charge >= 0.3 is 5.97 Å². The van der Waals surface area contributed by atoms with Crippen molar-refractivity contribution < 1.29 is 19.1 Å². The van der Waals surface area contributed by atoms with E-state index in [4.69, 9.17) is 10.8 Å². The highest BCUT2D eigenvalue weighted by molar-refractivity contribution is 5.92. The lowest BCUT2D eigenvalue weighted by Crippen LogP contribution is -2.31. The van der Waals surface area contributed by atoms with Gasteiger partial charge in [0.25, 0.3) is 0 Å². The third-order valence-corrected chi connectivity index (χ3v) is 3.30. The Morgan fingerprint density at radius 2 is 2.10 bits per heavy atom. The standard InChI is InChI=1S/C14H17FN2O3/c15-12-4-3-10(14(16)20)5-11(12)7-17(8-13(18)19)6-9-1-2-9/h3-5,9H,1-2,6-8H2,(H2,16,20)(H,18,19). The van der Waals surface area contributed by atoms with E-state index in [1.54, 1.807) is 4.90 Å². The fourth-order valence-corrected chi connectivity index (χ4v) is 2.13. The average molecular weight is 280 g/mol. The monoisotopic (exact) mass is 280 g/mol. The minimum Gasteiger partial charge on any atom is -0.480 e. The van der Waals surface area contributed by atoms with Crippen molar-refractivity contribution in [1.82, 2.24) is 4.90 Å². The molecule has 3 N–H and O–H groups in total. The van der Waals surface area contributed by atoms with E-state index in [9.17, 15) is 14.0 Å². The van der Waals surface area contributed by atoms with Gasteiger partial charge in [0.1, 0.15) is 5.82 Å². The zero-order valence-corrected chi connectivity index (χ0v) is 11.0. The van der Waals surface area contributed by atoms with Gasteiger partial charge in [-0.05, 0) is 37.0 Å². The second-order valence-corrected chi connectivity index (χ2v) is 5.18. The molecule has 1 aliphatic rings. The smallest absolute Gasteiger partial charge is 0.317 e. The van der Waals surface area contributed by atoms with Gasteiger partial charge in [-0.15, -0.1) is 0 Å². The number of rotatable bonds is 7. The number of carbonyl (C=O) groups is 2. The second kappa shape index (κ2) is 6.00. The first-order chi connectivity index (χ1) is 9.45. The van der Waals surface area contributed by atoms with E-state index in [1.165, 1.54) is 18.2 Å². The third-order valence-electron chi connectivity index (χ3n) is 3.30. The number of nitrogens with two attached hydrogens (primary N) is 1. The fraction of sp³-hybridized carbons (Fsp3) is 0.429. The SMILES string of the molecule is NC(=O)c1ccc(F)c(CN(CC(=O)O)CC2CC2)c1. The number of primary amides is 1. The summed E-state index contributed by atoms with van der Waals surface area (Å²) in [6.07, 6.45) is 2.17. The minimum absolute atomic E-state index is 0.142. The van der Waals surface area contributed by atoms with E-state index in [0.717, 1.165) is 12.8 Å². The Balaban J connectivity index is 2.13. The molecule has 1 aromatic rings. The molecule has 0 atom stereocenters. The van der Waals surface area contributed by atoms with Crippen LogP contribution in [0.2, 0.25) is 0 Å². The lowest BCUT2D eigenvalue weighted by molar-refractivity contribution is -0.138. The largest absolute Gasteiger partial charge is 0.480 e.